The van der Waals surface area contributed by atoms with Crippen LogP contribution >= 0.6 is 11.3 Å². The van der Waals surface area contributed by atoms with Gasteiger partial charge in [0.15, 0.2) is 0 Å². The molecule has 0 saturated heterocycles. The maximum Gasteiger partial charge on any atom is 0.245 e. The third-order valence-corrected chi connectivity index (χ3v) is 4.23. The van der Waals surface area contributed by atoms with Gasteiger partial charge in [0.25, 0.3) is 0 Å². The highest BCUT2D eigenvalue weighted by atomic mass is 32.1. The van der Waals surface area contributed by atoms with Crippen LogP contribution in [0.2, 0.25) is 0 Å². The molecule has 2 N–H and O–H groups in total. The van der Waals surface area contributed by atoms with E-state index < -0.39 is 0 Å². The summed E-state index contributed by atoms with van der Waals surface area (Å²) in [5.74, 6) is -0.178. The highest BCUT2D eigenvalue weighted by molar-refractivity contribution is 7.10. The SMILES string of the molecule is O=C(Cc1cccs1)N/N=C\c1cc(N=Nc2ccccc2)ccc1O. The zero-order valence-electron chi connectivity index (χ0n) is 13.7. The molecule has 2 aromatic carbocycles. The van der Waals surface area contributed by atoms with Gasteiger partial charge in [-0.2, -0.15) is 15.3 Å². The topological polar surface area (TPSA) is 86.4 Å². The predicted molar refractivity (Wildman–Crippen MR) is 102 cm³/mol. The molecule has 0 aliphatic rings. The number of carbonyl (C=O) groups is 1. The lowest BCUT2D eigenvalue weighted by atomic mass is 10.2. The number of hydrogen-bond donors (Lipinski definition) is 2. The first kappa shape index (κ1) is 17.5. The normalized spacial score (nSPS) is 11.2. The van der Waals surface area contributed by atoms with Gasteiger partial charge in [-0.1, -0.05) is 24.3 Å². The largest absolute Gasteiger partial charge is 0.507 e. The number of thiophene rings is 1. The van der Waals surface area contributed by atoms with Crippen molar-refractivity contribution in [2.75, 3.05) is 0 Å². The minimum Gasteiger partial charge on any atom is -0.507 e. The van der Waals surface area contributed by atoms with Crippen molar-refractivity contribution in [2.24, 2.45) is 15.3 Å². The van der Waals surface area contributed by atoms with Crippen LogP contribution in [0.4, 0.5) is 11.4 Å². The maximum absolute atomic E-state index is 11.8. The van der Waals surface area contributed by atoms with Crippen LogP contribution in [0.1, 0.15) is 10.4 Å². The zero-order chi connectivity index (χ0) is 18.2. The van der Waals surface area contributed by atoms with Crippen LogP contribution in [-0.4, -0.2) is 17.2 Å². The number of azo groups is 1. The van der Waals surface area contributed by atoms with E-state index in [1.807, 2.05) is 47.8 Å². The van der Waals surface area contributed by atoms with Crippen molar-refractivity contribution >= 4 is 34.8 Å². The predicted octanol–water partition coefficient (Wildman–Crippen LogP) is 4.56. The number of nitrogens with zero attached hydrogens (tertiary/aromatic N) is 3. The number of amides is 1. The van der Waals surface area contributed by atoms with Crippen molar-refractivity contribution in [1.29, 1.82) is 0 Å². The third-order valence-electron chi connectivity index (χ3n) is 3.36. The Morgan fingerprint density at radius 3 is 2.62 bits per heavy atom. The zero-order valence-corrected chi connectivity index (χ0v) is 14.6. The fraction of sp³-hybridized carbons (Fsp3) is 0.0526. The lowest BCUT2D eigenvalue weighted by Gasteiger charge is -2.01. The summed E-state index contributed by atoms with van der Waals surface area (Å²) in [5.41, 5.74) is 4.18. The molecule has 130 valence electrons. The van der Waals surface area contributed by atoms with Gasteiger partial charge in [-0.05, 0) is 41.8 Å². The second kappa shape index (κ2) is 8.68. The Morgan fingerprint density at radius 1 is 1.04 bits per heavy atom. The van der Waals surface area contributed by atoms with Gasteiger partial charge < -0.3 is 5.11 Å². The second-order valence-corrected chi connectivity index (χ2v) is 6.36. The van der Waals surface area contributed by atoms with Gasteiger partial charge in [0.1, 0.15) is 5.75 Å². The van der Waals surface area contributed by atoms with E-state index in [0.717, 1.165) is 10.6 Å². The summed E-state index contributed by atoms with van der Waals surface area (Å²) in [5, 5.41) is 24.0. The van der Waals surface area contributed by atoms with E-state index in [4.69, 9.17) is 0 Å². The molecular formula is C19H16N4O2S. The van der Waals surface area contributed by atoms with Gasteiger partial charge in [-0.25, -0.2) is 5.43 Å². The van der Waals surface area contributed by atoms with E-state index >= 15 is 0 Å². The first-order chi connectivity index (χ1) is 12.7. The molecule has 7 heteroatoms. The van der Waals surface area contributed by atoms with Gasteiger partial charge in [0, 0.05) is 10.4 Å². The Hall–Kier alpha value is -3.32. The van der Waals surface area contributed by atoms with Gasteiger partial charge in [-0.15, -0.1) is 11.3 Å². The Labute approximate surface area is 154 Å². The molecule has 6 nitrogen and oxygen atoms in total. The monoisotopic (exact) mass is 364 g/mol. The first-order valence-corrected chi connectivity index (χ1v) is 8.73. The van der Waals surface area contributed by atoms with Crippen LogP contribution < -0.4 is 5.43 Å². The molecule has 3 aromatic rings. The molecule has 0 saturated carbocycles. The van der Waals surface area contributed by atoms with Crippen molar-refractivity contribution in [3.8, 4) is 5.75 Å². The molecule has 0 radical (unpaired) electrons. The second-order valence-electron chi connectivity index (χ2n) is 5.33. The summed E-state index contributed by atoms with van der Waals surface area (Å²) in [7, 11) is 0. The van der Waals surface area contributed by atoms with Crippen LogP contribution in [0.3, 0.4) is 0 Å². The molecule has 26 heavy (non-hydrogen) atoms. The lowest BCUT2D eigenvalue weighted by Crippen LogP contribution is -2.19. The number of carbonyl (C=O) groups excluding carboxylic acids is 1. The number of rotatable bonds is 6. The van der Waals surface area contributed by atoms with Crippen molar-refractivity contribution in [3.63, 3.8) is 0 Å². The number of benzene rings is 2. The summed E-state index contributed by atoms with van der Waals surface area (Å²) >= 11 is 1.51. The number of nitrogens with one attached hydrogen (secondary N) is 1. The number of hydrogen-bond acceptors (Lipinski definition) is 6. The summed E-state index contributed by atoms with van der Waals surface area (Å²) in [6.07, 6.45) is 1.65. The summed E-state index contributed by atoms with van der Waals surface area (Å²) in [6, 6.07) is 17.9. The van der Waals surface area contributed by atoms with Crippen LogP contribution in [0.25, 0.3) is 0 Å². The molecule has 1 aromatic heterocycles. The maximum atomic E-state index is 11.8. The third kappa shape index (κ3) is 5.09. The molecular weight excluding hydrogens is 348 g/mol. The van der Waals surface area contributed by atoms with Crippen LogP contribution in [0.15, 0.2) is 81.4 Å². The van der Waals surface area contributed by atoms with Crippen LogP contribution in [0.5, 0.6) is 5.75 Å². The molecule has 0 atom stereocenters. The molecule has 1 amide bonds. The number of aromatic hydroxyl groups is 1. The van der Waals surface area contributed by atoms with Crippen molar-refractivity contribution in [2.45, 2.75) is 6.42 Å². The highest BCUT2D eigenvalue weighted by Crippen LogP contribution is 2.23. The molecule has 0 aliphatic heterocycles. The van der Waals surface area contributed by atoms with E-state index in [-0.39, 0.29) is 18.1 Å². The number of hydrazone groups is 1. The Bertz CT molecular complexity index is 922. The molecule has 0 aliphatic carbocycles. The Balaban J connectivity index is 1.64. The van der Waals surface area contributed by atoms with E-state index in [2.05, 4.69) is 20.8 Å². The van der Waals surface area contributed by atoms with E-state index in [1.165, 1.54) is 23.6 Å². The van der Waals surface area contributed by atoms with Gasteiger partial charge >= 0.3 is 0 Å². The number of phenolic OH excluding ortho intramolecular Hbond substituents is 1. The van der Waals surface area contributed by atoms with Crippen molar-refractivity contribution in [3.05, 3.63) is 76.5 Å². The Morgan fingerprint density at radius 2 is 1.85 bits per heavy atom. The van der Waals surface area contributed by atoms with Crippen LogP contribution in [-0.2, 0) is 11.2 Å². The molecule has 0 unspecified atom stereocenters. The molecule has 0 fully saturated rings. The molecule has 0 spiro atoms. The quantitative estimate of drug-likeness (QED) is 0.381. The fourth-order valence-corrected chi connectivity index (χ4v) is 2.81. The lowest BCUT2D eigenvalue weighted by molar-refractivity contribution is -0.120. The standard InChI is InChI=1S/C19H16N4O2S/c24-18-9-8-16(22-21-15-5-2-1-3-6-15)11-14(18)13-20-23-19(25)12-17-7-4-10-26-17/h1-11,13,24H,12H2,(H,23,25)/b20-13-,22-21?. The Kier molecular flexibility index (Phi) is 5.84. The van der Waals surface area contributed by atoms with Crippen LogP contribution in [0, 0.1) is 0 Å². The minimum atomic E-state index is -0.219. The summed E-state index contributed by atoms with van der Waals surface area (Å²) < 4.78 is 0. The van der Waals surface area contributed by atoms with Gasteiger partial charge in [0.2, 0.25) is 5.91 Å². The van der Waals surface area contributed by atoms with Crippen molar-refractivity contribution < 1.29 is 9.90 Å². The van der Waals surface area contributed by atoms with Gasteiger partial charge in [-0.3, -0.25) is 4.79 Å². The summed E-state index contributed by atoms with van der Waals surface area (Å²) in [6.45, 7) is 0. The molecule has 1 heterocycles. The smallest absolute Gasteiger partial charge is 0.245 e. The highest BCUT2D eigenvalue weighted by Gasteiger charge is 2.03. The summed E-state index contributed by atoms with van der Waals surface area (Å²) in [4.78, 5) is 12.8. The van der Waals surface area contributed by atoms with E-state index in [1.54, 1.807) is 12.1 Å². The molecule has 3 rings (SSSR count). The van der Waals surface area contributed by atoms with Crippen molar-refractivity contribution in [1.82, 2.24) is 5.43 Å². The molecule has 0 bridgehead atoms. The average Bonchev–Trinajstić information content (AvgIpc) is 3.16. The average molecular weight is 364 g/mol. The minimum absolute atomic E-state index is 0.0416. The van der Waals surface area contributed by atoms with E-state index in [0.29, 0.717) is 11.3 Å². The number of phenols is 1. The fourth-order valence-electron chi connectivity index (χ4n) is 2.10. The van der Waals surface area contributed by atoms with E-state index in [9.17, 15) is 9.90 Å². The van der Waals surface area contributed by atoms with Gasteiger partial charge in [0.05, 0.1) is 24.0 Å². The first-order valence-electron chi connectivity index (χ1n) is 7.85.